The molecule has 9 nitrogen and oxygen atoms in total. The first-order valence-corrected chi connectivity index (χ1v) is 12.4. The van der Waals surface area contributed by atoms with Crippen LogP contribution in [0, 0.1) is 0 Å². The maximum atomic E-state index is 13.5. The number of nitrogens with zero attached hydrogens (tertiary/aromatic N) is 2. The van der Waals surface area contributed by atoms with Crippen molar-refractivity contribution in [2.45, 2.75) is 13.0 Å². The summed E-state index contributed by atoms with van der Waals surface area (Å²) >= 11 is 0. The number of likely N-dealkylation sites (N-methyl/N-ethyl adjacent to an activating group) is 1. The highest BCUT2D eigenvalue weighted by Crippen LogP contribution is 2.45. The van der Waals surface area contributed by atoms with Gasteiger partial charge in [0.15, 0.2) is 11.5 Å². The lowest BCUT2D eigenvalue weighted by molar-refractivity contribution is -0.132. The molecule has 1 fully saturated rings. The third kappa shape index (κ3) is 3.87. The molecule has 0 aromatic heterocycles. The van der Waals surface area contributed by atoms with Gasteiger partial charge < -0.3 is 29.0 Å². The molecule has 3 aliphatic rings. The van der Waals surface area contributed by atoms with Gasteiger partial charge in [-0.05, 0) is 55.0 Å². The summed E-state index contributed by atoms with van der Waals surface area (Å²) in [5, 5.41) is 11.5. The molecule has 1 saturated heterocycles. The van der Waals surface area contributed by atoms with Gasteiger partial charge in [-0.2, -0.15) is 0 Å². The van der Waals surface area contributed by atoms with E-state index in [1.807, 2.05) is 18.9 Å². The van der Waals surface area contributed by atoms with Crippen LogP contribution in [0.25, 0.3) is 5.76 Å². The SMILES string of the molecule is CCOc1ccc(C2/C(=C(/O)c3ccc4c(c3)N(C)CCO4)C(=O)C(=O)N2c2ccc3c(c2)OCO3)cc1. The number of fused-ring (bicyclic) bond motifs is 2. The molecule has 6 rings (SSSR count). The highest BCUT2D eigenvalue weighted by molar-refractivity contribution is 6.51. The van der Waals surface area contributed by atoms with E-state index in [1.165, 1.54) is 4.90 Å². The van der Waals surface area contributed by atoms with E-state index in [-0.39, 0.29) is 18.1 Å². The molecule has 1 N–H and O–H groups in total. The van der Waals surface area contributed by atoms with Gasteiger partial charge in [0.2, 0.25) is 6.79 Å². The number of Topliss-reactive ketones (excluding diaryl/α,β-unsaturated/α-hetero) is 1. The van der Waals surface area contributed by atoms with E-state index in [2.05, 4.69) is 0 Å². The average molecular weight is 515 g/mol. The maximum Gasteiger partial charge on any atom is 0.300 e. The molecule has 3 heterocycles. The van der Waals surface area contributed by atoms with Crippen molar-refractivity contribution >= 4 is 28.8 Å². The first-order chi connectivity index (χ1) is 18.5. The number of ether oxygens (including phenoxy) is 4. The van der Waals surface area contributed by atoms with E-state index < -0.39 is 17.7 Å². The fourth-order valence-corrected chi connectivity index (χ4v) is 5.02. The van der Waals surface area contributed by atoms with Gasteiger partial charge in [0.1, 0.15) is 23.9 Å². The zero-order valence-electron chi connectivity index (χ0n) is 21.0. The minimum absolute atomic E-state index is 0.00356. The van der Waals surface area contributed by atoms with Crippen LogP contribution in [-0.2, 0) is 9.59 Å². The fourth-order valence-electron chi connectivity index (χ4n) is 5.02. The lowest BCUT2D eigenvalue weighted by Gasteiger charge is -2.28. The summed E-state index contributed by atoms with van der Waals surface area (Å²) in [5.41, 5.74) is 2.30. The minimum Gasteiger partial charge on any atom is -0.507 e. The summed E-state index contributed by atoms with van der Waals surface area (Å²) in [4.78, 5) is 30.4. The molecule has 1 atom stereocenters. The fraction of sp³-hybridized carbons (Fsp3) is 0.241. The Hall–Kier alpha value is -4.66. The van der Waals surface area contributed by atoms with Crippen LogP contribution in [0.15, 0.2) is 66.2 Å². The van der Waals surface area contributed by atoms with E-state index in [0.717, 1.165) is 5.69 Å². The van der Waals surface area contributed by atoms with Crippen molar-refractivity contribution in [1.29, 1.82) is 0 Å². The second-order valence-electron chi connectivity index (χ2n) is 9.16. The molecule has 1 amide bonds. The predicted molar refractivity (Wildman–Crippen MR) is 140 cm³/mol. The zero-order chi connectivity index (χ0) is 26.4. The number of aliphatic hydroxyl groups excluding tert-OH is 1. The van der Waals surface area contributed by atoms with Gasteiger partial charge >= 0.3 is 0 Å². The topological polar surface area (TPSA) is 97.8 Å². The van der Waals surface area contributed by atoms with Crippen LogP contribution in [-0.4, -0.2) is 50.4 Å². The normalized spacial score (nSPS) is 19.4. The summed E-state index contributed by atoms with van der Waals surface area (Å²) in [7, 11) is 1.93. The molecule has 3 aromatic rings. The van der Waals surface area contributed by atoms with Crippen LogP contribution >= 0.6 is 0 Å². The van der Waals surface area contributed by atoms with Crippen molar-refractivity contribution in [2.24, 2.45) is 0 Å². The number of aliphatic hydroxyl groups is 1. The van der Waals surface area contributed by atoms with Gasteiger partial charge in [-0.1, -0.05) is 12.1 Å². The van der Waals surface area contributed by atoms with Crippen LogP contribution in [0.1, 0.15) is 24.1 Å². The molecule has 0 saturated carbocycles. The standard InChI is InChI=1S/C29H26N2O7/c1-3-35-20-8-4-17(5-9-20)26-25(27(32)18-6-10-22-21(14-18)30(2)12-13-36-22)28(33)29(34)31(26)19-7-11-23-24(15-19)38-16-37-23/h4-11,14-15,26,32H,3,12-13,16H2,1-2H3/b27-25-. The van der Waals surface area contributed by atoms with Crippen LogP contribution < -0.4 is 28.7 Å². The first-order valence-electron chi connectivity index (χ1n) is 12.4. The van der Waals surface area contributed by atoms with Crippen molar-refractivity contribution in [2.75, 3.05) is 43.4 Å². The highest BCUT2D eigenvalue weighted by atomic mass is 16.7. The first kappa shape index (κ1) is 23.7. The minimum atomic E-state index is -0.879. The molecule has 3 aromatic carbocycles. The van der Waals surface area contributed by atoms with Gasteiger partial charge in [-0.3, -0.25) is 14.5 Å². The van der Waals surface area contributed by atoms with Crippen LogP contribution in [0.3, 0.4) is 0 Å². The zero-order valence-corrected chi connectivity index (χ0v) is 21.0. The summed E-state index contributed by atoms with van der Waals surface area (Å²) in [6.07, 6.45) is 0. The molecule has 1 unspecified atom stereocenters. The summed E-state index contributed by atoms with van der Waals surface area (Å²) < 4.78 is 22.2. The Morgan fingerprint density at radius 1 is 0.974 bits per heavy atom. The molecule has 0 spiro atoms. The van der Waals surface area contributed by atoms with Crippen molar-refractivity contribution in [3.8, 4) is 23.0 Å². The van der Waals surface area contributed by atoms with Crippen molar-refractivity contribution < 1.29 is 33.6 Å². The largest absolute Gasteiger partial charge is 0.507 e. The van der Waals surface area contributed by atoms with Crippen molar-refractivity contribution in [1.82, 2.24) is 0 Å². The molecule has 9 heteroatoms. The Labute approximate surface area is 219 Å². The Balaban J connectivity index is 1.50. The van der Waals surface area contributed by atoms with Gasteiger partial charge in [-0.25, -0.2) is 0 Å². The Bertz CT molecular complexity index is 1460. The molecule has 0 bridgehead atoms. The Morgan fingerprint density at radius 2 is 1.74 bits per heavy atom. The van der Waals surface area contributed by atoms with Crippen molar-refractivity contribution in [3.05, 3.63) is 77.4 Å². The second-order valence-corrected chi connectivity index (χ2v) is 9.16. The van der Waals surface area contributed by atoms with Gasteiger partial charge in [0, 0.05) is 24.4 Å². The van der Waals surface area contributed by atoms with Gasteiger partial charge in [-0.15, -0.1) is 0 Å². The number of hydrogen-bond acceptors (Lipinski definition) is 8. The number of anilines is 2. The molecular weight excluding hydrogens is 488 g/mol. The number of rotatable bonds is 5. The van der Waals surface area contributed by atoms with Gasteiger partial charge in [0.25, 0.3) is 11.7 Å². The molecule has 38 heavy (non-hydrogen) atoms. The number of hydrogen-bond donors (Lipinski definition) is 1. The number of carbonyl (C=O) groups is 2. The van der Waals surface area contributed by atoms with Crippen LogP contribution in [0.2, 0.25) is 0 Å². The van der Waals surface area contributed by atoms with Gasteiger partial charge in [0.05, 0.1) is 30.5 Å². The Kier molecular flexibility index (Phi) is 5.83. The molecule has 3 aliphatic heterocycles. The lowest BCUT2D eigenvalue weighted by Crippen LogP contribution is -2.29. The van der Waals surface area contributed by atoms with E-state index in [1.54, 1.807) is 60.7 Å². The highest BCUT2D eigenvalue weighted by Gasteiger charge is 2.47. The Morgan fingerprint density at radius 3 is 2.53 bits per heavy atom. The third-order valence-corrected chi connectivity index (χ3v) is 6.91. The molecule has 0 aliphatic carbocycles. The van der Waals surface area contributed by atoms with E-state index in [9.17, 15) is 14.7 Å². The maximum absolute atomic E-state index is 13.5. The smallest absolute Gasteiger partial charge is 0.300 e. The number of benzene rings is 3. The second kappa shape index (κ2) is 9.33. The quantitative estimate of drug-likeness (QED) is 0.306. The van der Waals surface area contributed by atoms with E-state index in [4.69, 9.17) is 18.9 Å². The number of amides is 1. The van der Waals surface area contributed by atoms with Crippen LogP contribution in [0.5, 0.6) is 23.0 Å². The van der Waals surface area contributed by atoms with Crippen molar-refractivity contribution in [3.63, 3.8) is 0 Å². The summed E-state index contributed by atoms with van der Waals surface area (Å²) in [6.45, 7) is 3.73. The van der Waals surface area contributed by atoms with Crippen LogP contribution in [0.4, 0.5) is 11.4 Å². The molecule has 0 radical (unpaired) electrons. The summed E-state index contributed by atoms with van der Waals surface area (Å²) in [5.74, 6) is 0.612. The summed E-state index contributed by atoms with van der Waals surface area (Å²) in [6, 6.07) is 16.6. The van der Waals surface area contributed by atoms with E-state index >= 15 is 0 Å². The predicted octanol–water partition coefficient (Wildman–Crippen LogP) is 4.27. The molecular formula is C29H26N2O7. The average Bonchev–Trinajstić information content (AvgIpc) is 3.51. The molecule has 194 valence electrons. The van der Waals surface area contributed by atoms with E-state index in [0.29, 0.717) is 59.6 Å². The lowest BCUT2D eigenvalue weighted by atomic mass is 9.94. The number of carbonyl (C=O) groups excluding carboxylic acids is 2. The monoisotopic (exact) mass is 514 g/mol. The number of ketones is 1. The third-order valence-electron chi connectivity index (χ3n) is 6.91.